The number of nitrogens with zero attached hydrogens (tertiary/aromatic N) is 4. The molecule has 6 nitrogen and oxygen atoms in total. The first kappa shape index (κ1) is 29.6. The molecular formula is C34H40F3N5O. The number of aromatic nitrogens is 1. The topological polar surface area (TPSA) is 51.7 Å². The lowest BCUT2D eigenvalue weighted by molar-refractivity contribution is -0.137. The minimum atomic E-state index is -4.35. The Kier molecular flexibility index (Phi) is 9.00. The number of carbonyl (C=O) groups is 1. The Balaban J connectivity index is 1.09. The summed E-state index contributed by atoms with van der Waals surface area (Å²) in [5.41, 5.74) is 4.83. The molecule has 2 saturated heterocycles. The fraction of sp³-hybridized carbons (Fsp3) is 0.471. The van der Waals surface area contributed by atoms with Crippen LogP contribution in [0.25, 0.3) is 0 Å². The predicted molar refractivity (Wildman–Crippen MR) is 163 cm³/mol. The molecule has 0 bridgehead atoms. The average molecular weight is 592 g/mol. The zero-order chi connectivity index (χ0) is 29.8. The lowest BCUT2D eigenvalue weighted by Crippen LogP contribution is -2.56. The maximum atomic E-state index is 13.3. The van der Waals surface area contributed by atoms with Crippen molar-refractivity contribution >= 4 is 17.3 Å². The number of alkyl halides is 3. The molecule has 9 heteroatoms. The van der Waals surface area contributed by atoms with Crippen molar-refractivity contribution < 1.29 is 18.0 Å². The zero-order valence-corrected chi connectivity index (χ0v) is 24.5. The number of hydrogen-bond acceptors (Lipinski definition) is 5. The van der Waals surface area contributed by atoms with Gasteiger partial charge in [0.1, 0.15) is 0 Å². The quantitative estimate of drug-likeness (QED) is 0.347. The van der Waals surface area contributed by atoms with E-state index in [4.69, 9.17) is 0 Å². The molecule has 0 unspecified atom stereocenters. The molecule has 2 fully saturated rings. The molecule has 3 heterocycles. The van der Waals surface area contributed by atoms with E-state index in [1.807, 2.05) is 18.3 Å². The first-order valence-electron chi connectivity index (χ1n) is 15.5. The summed E-state index contributed by atoms with van der Waals surface area (Å²) in [5, 5.41) is 3.13. The molecule has 0 saturated carbocycles. The second kappa shape index (κ2) is 13.1. The fourth-order valence-corrected chi connectivity index (χ4v) is 7.13. The smallest absolute Gasteiger partial charge is 0.369 e. The number of benzene rings is 2. The number of piperazine rings is 1. The number of carbonyl (C=O) groups excluding carboxylic acids is 1. The number of hydrogen-bond donors (Lipinski definition) is 1. The van der Waals surface area contributed by atoms with E-state index in [-0.39, 0.29) is 5.91 Å². The Morgan fingerprint density at radius 1 is 0.953 bits per heavy atom. The van der Waals surface area contributed by atoms with Gasteiger partial charge in [-0.05, 0) is 97.7 Å². The van der Waals surface area contributed by atoms with Crippen molar-refractivity contribution in [2.45, 2.75) is 57.3 Å². The van der Waals surface area contributed by atoms with E-state index >= 15 is 0 Å². The highest BCUT2D eigenvalue weighted by atomic mass is 19.4. The molecule has 1 N–H and O–H groups in total. The standard InChI is InChI=1S/C34H40F3N5O/c35-34(36,37)29-7-2-8-31(21-29)41-16-18-42(19-17-41)32-13-15-40(23-25-4-3-14-38-22-25)24-28(32)10-12-33(43)39-30-11-9-26-5-1-6-27(26)20-30/h2-4,7-9,11,14,20-22,28,32H,1,5-6,10,12-13,15-19,23-24H2,(H,39,43)/t28-,32+/m0/s1. The van der Waals surface area contributed by atoms with Gasteiger partial charge in [-0.1, -0.05) is 18.2 Å². The van der Waals surface area contributed by atoms with Crippen LogP contribution in [0.1, 0.15) is 47.9 Å². The van der Waals surface area contributed by atoms with Gasteiger partial charge in [0.2, 0.25) is 5.91 Å². The van der Waals surface area contributed by atoms with Gasteiger partial charge >= 0.3 is 6.18 Å². The van der Waals surface area contributed by atoms with Crippen LogP contribution in [0.3, 0.4) is 0 Å². The third-order valence-corrected chi connectivity index (χ3v) is 9.35. The molecule has 0 spiro atoms. The third-order valence-electron chi connectivity index (χ3n) is 9.35. The molecule has 228 valence electrons. The molecule has 1 aromatic heterocycles. The van der Waals surface area contributed by atoms with E-state index in [1.54, 1.807) is 12.3 Å². The molecule has 2 aliphatic heterocycles. The van der Waals surface area contributed by atoms with Crippen molar-refractivity contribution in [3.8, 4) is 0 Å². The number of amides is 1. The van der Waals surface area contributed by atoms with Crippen LogP contribution >= 0.6 is 0 Å². The van der Waals surface area contributed by atoms with Gasteiger partial charge in [0.15, 0.2) is 0 Å². The predicted octanol–water partition coefficient (Wildman–Crippen LogP) is 6.02. The fourth-order valence-electron chi connectivity index (χ4n) is 7.13. The first-order chi connectivity index (χ1) is 20.8. The Morgan fingerprint density at radius 2 is 1.79 bits per heavy atom. The van der Waals surface area contributed by atoms with Gasteiger partial charge in [-0.2, -0.15) is 13.2 Å². The van der Waals surface area contributed by atoms with Gasteiger partial charge in [0, 0.05) is 75.5 Å². The first-order valence-corrected chi connectivity index (χ1v) is 15.5. The van der Waals surface area contributed by atoms with E-state index in [1.165, 1.54) is 35.2 Å². The Bertz CT molecular complexity index is 1390. The lowest BCUT2D eigenvalue weighted by atomic mass is 9.86. The summed E-state index contributed by atoms with van der Waals surface area (Å²) in [6, 6.07) is 16.3. The average Bonchev–Trinajstić information content (AvgIpc) is 3.49. The summed E-state index contributed by atoms with van der Waals surface area (Å²) >= 11 is 0. The maximum absolute atomic E-state index is 13.3. The zero-order valence-electron chi connectivity index (χ0n) is 24.5. The molecule has 3 aromatic rings. The molecule has 2 aromatic carbocycles. The van der Waals surface area contributed by atoms with Crippen LogP contribution in [0.5, 0.6) is 0 Å². The highest BCUT2D eigenvalue weighted by Gasteiger charge is 2.36. The van der Waals surface area contributed by atoms with Crippen molar-refractivity contribution in [3.05, 3.63) is 89.2 Å². The number of halogens is 3. The molecular weight excluding hydrogens is 551 g/mol. The number of aryl methyl sites for hydroxylation is 2. The minimum Gasteiger partial charge on any atom is -0.369 e. The van der Waals surface area contributed by atoms with Crippen LogP contribution in [0.2, 0.25) is 0 Å². The van der Waals surface area contributed by atoms with E-state index in [0.29, 0.717) is 37.2 Å². The lowest BCUT2D eigenvalue weighted by Gasteiger charge is -2.47. The summed E-state index contributed by atoms with van der Waals surface area (Å²) in [7, 11) is 0. The molecule has 1 aliphatic carbocycles. The second-order valence-corrected chi connectivity index (χ2v) is 12.2. The summed E-state index contributed by atoms with van der Waals surface area (Å²) in [5.74, 6) is 0.367. The molecule has 1 amide bonds. The van der Waals surface area contributed by atoms with Crippen molar-refractivity contribution in [3.63, 3.8) is 0 Å². The van der Waals surface area contributed by atoms with Crippen LogP contribution < -0.4 is 10.2 Å². The van der Waals surface area contributed by atoms with Crippen molar-refractivity contribution in [1.82, 2.24) is 14.8 Å². The van der Waals surface area contributed by atoms with Gasteiger partial charge in [-0.25, -0.2) is 0 Å². The highest BCUT2D eigenvalue weighted by Crippen LogP contribution is 2.33. The minimum absolute atomic E-state index is 0.0513. The largest absolute Gasteiger partial charge is 0.416 e. The summed E-state index contributed by atoms with van der Waals surface area (Å²) < 4.78 is 39.9. The molecule has 2 atom stereocenters. The second-order valence-electron chi connectivity index (χ2n) is 12.2. The van der Waals surface area contributed by atoms with Crippen molar-refractivity contribution in [1.29, 1.82) is 0 Å². The number of piperidine rings is 1. The summed E-state index contributed by atoms with van der Waals surface area (Å²) in [6.07, 6.45) is 4.99. The monoisotopic (exact) mass is 591 g/mol. The number of rotatable bonds is 8. The van der Waals surface area contributed by atoms with E-state index in [9.17, 15) is 18.0 Å². The van der Waals surface area contributed by atoms with Crippen molar-refractivity contribution in [2.24, 2.45) is 5.92 Å². The molecule has 43 heavy (non-hydrogen) atoms. The number of pyridine rings is 1. The van der Waals surface area contributed by atoms with Gasteiger partial charge in [0.25, 0.3) is 0 Å². The summed E-state index contributed by atoms with van der Waals surface area (Å²) in [6.45, 7) is 5.65. The van der Waals surface area contributed by atoms with Crippen LogP contribution in [-0.4, -0.2) is 66.0 Å². The van der Waals surface area contributed by atoms with Crippen LogP contribution in [-0.2, 0) is 30.4 Å². The van der Waals surface area contributed by atoms with Crippen LogP contribution in [0.15, 0.2) is 67.0 Å². The van der Waals surface area contributed by atoms with E-state index < -0.39 is 11.7 Å². The van der Waals surface area contributed by atoms with Crippen molar-refractivity contribution in [2.75, 3.05) is 49.5 Å². The number of likely N-dealkylation sites (tertiary alicyclic amines) is 1. The van der Waals surface area contributed by atoms with Crippen LogP contribution in [0, 0.1) is 5.92 Å². The Labute approximate surface area is 251 Å². The molecule has 6 rings (SSSR count). The van der Waals surface area contributed by atoms with Gasteiger partial charge in [-0.3, -0.25) is 19.6 Å². The normalized spacial score (nSPS) is 21.5. The molecule has 3 aliphatic rings. The van der Waals surface area contributed by atoms with E-state index in [0.717, 1.165) is 70.2 Å². The van der Waals surface area contributed by atoms with Gasteiger partial charge in [-0.15, -0.1) is 0 Å². The molecule has 0 radical (unpaired) electrons. The maximum Gasteiger partial charge on any atom is 0.416 e. The number of nitrogens with one attached hydrogen (secondary N) is 1. The highest BCUT2D eigenvalue weighted by molar-refractivity contribution is 5.90. The van der Waals surface area contributed by atoms with Gasteiger partial charge < -0.3 is 10.2 Å². The van der Waals surface area contributed by atoms with E-state index in [2.05, 4.69) is 43.2 Å². The van der Waals surface area contributed by atoms with Crippen LogP contribution in [0.4, 0.5) is 24.5 Å². The number of fused-ring (bicyclic) bond motifs is 1. The Morgan fingerprint density at radius 3 is 2.58 bits per heavy atom. The summed E-state index contributed by atoms with van der Waals surface area (Å²) in [4.78, 5) is 24.4. The van der Waals surface area contributed by atoms with Gasteiger partial charge in [0.05, 0.1) is 5.56 Å². The SMILES string of the molecule is O=C(CC[C@H]1CN(Cc2cccnc2)CC[C@H]1N1CCN(c2cccc(C(F)(F)F)c2)CC1)Nc1ccc2c(c1)CCC2. The third kappa shape index (κ3) is 7.39. The Hall–Kier alpha value is -3.43. The number of anilines is 2.